The number of rotatable bonds is 4. The number of benzene rings is 2. The molecule has 2 atom stereocenters. The fourth-order valence-corrected chi connectivity index (χ4v) is 3.65. The maximum absolute atomic E-state index is 6.18. The minimum absolute atomic E-state index is 0.0441. The van der Waals surface area contributed by atoms with Gasteiger partial charge >= 0.3 is 0 Å². The Balaban J connectivity index is 1.89. The Bertz CT molecular complexity index is 701. The number of thioether (sulfide) groups is 1. The Hall–Kier alpha value is -1.42. The molecule has 0 aliphatic rings. The van der Waals surface area contributed by atoms with Crippen LogP contribution < -0.4 is 5.73 Å². The fraction of sp³-hybridized carbons (Fsp3) is 0.176. The molecule has 2 aromatic carbocycles. The van der Waals surface area contributed by atoms with Gasteiger partial charge in [0.15, 0.2) is 0 Å². The van der Waals surface area contributed by atoms with Gasteiger partial charge in [-0.3, -0.25) is 0 Å². The number of nitrogens with two attached hydrogens (primary N) is 1. The Morgan fingerprint density at radius 1 is 1.10 bits per heavy atom. The summed E-state index contributed by atoms with van der Waals surface area (Å²) in [6, 6.07) is 18.4. The summed E-state index contributed by atoms with van der Waals surface area (Å²) in [5.74, 6) is 0. The molecule has 3 aromatic rings. The summed E-state index contributed by atoms with van der Waals surface area (Å²) >= 11 is 7.72. The van der Waals surface area contributed by atoms with Gasteiger partial charge in [-0.1, -0.05) is 53.7 Å². The second-order valence-electron chi connectivity index (χ2n) is 5.17. The van der Waals surface area contributed by atoms with Crippen LogP contribution in [0.5, 0.6) is 0 Å². The van der Waals surface area contributed by atoms with Crippen molar-refractivity contribution >= 4 is 34.3 Å². The van der Waals surface area contributed by atoms with E-state index in [2.05, 4.69) is 23.2 Å². The van der Waals surface area contributed by atoms with Crippen LogP contribution in [0.3, 0.4) is 0 Å². The molecular weight excluding hydrogens is 300 g/mol. The molecular formula is C17H17ClN2S. The van der Waals surface area contributed by atoms with Crippen molar-refractivity contribution in [1.82, 2.24) is 4.98 Å². The van der Waals surface area contributed by atoms with E-state index in [-0.39, 0.29) is 11.3 Å². The van der Waals surface area contributed by atoms with E-state index >= 15 is 0 Å². The van der Waals surface area contributed by atoms with Gasteiger partial charge in [0.2, 0.25) is 0 Å². The van der Waals surface area contributed by atoms with Crippen molar-refractivity contribution in [3.05, 3.63) is 65.2 Å². The van der Waals surface area contributed by atoms with Crippen molar-refractivity contribution < 1.29 is 0 Å². The summed E-state index contributed by atoms with van der Waals surface area (Å²) in [4.78, 5) is 3.44. The molecule has 1 heterocycles. The van der Waals surface area contributed by atoms with Gasteiger partial charge in [-0.2, -0.15) is 0 Å². The van der Waals surface area contributed by atoms with Gasteiger partial charge in [-0.05, 0) is 36.8 Å². The Morgan fingerprint density at radius 3 is 2.48 bits per heavy atom. The van der Waals surface area contributed by atoms with E-state index in [1.54, 1.807) is 11.8 Å². The third kappa shape index (κ3) is 3.26. The van der Waals surface area contributed by atoms with Gasteiger partial charge in [-0.15, -0.1) is 0 Å². The molecule has 0 aliphatic carbocycles. The standard InChI is InChI=1S/C17H17ClN2S/c1-11(19)17(12-6-8-14(18)9-7-12)21-16-10-13-4-2-3-5-15(13)20-16/h2-11,17,20H,19H2,1H3. The maximum Gasteiger partial charge on any atom is 0.0739 e. The van der Waals surface area contributed by atoms with Crippen LogP contribution in [0.1, 0.15) is 17.7 Å². The highest BCUT2D eigenvalue weighted by molar-refractivity contribution is 7.99. The predicted molar refractivity (Wildman–Crippen MR) is 92.0 cm³/mol. The second-order valence-corrected chi connectivity index (χ2v) is 6.79. The highest BCUT2D eigenvalue weighted by Crippen LogP contribution is 2.38. The zero-order valence-electron chi connectivity index (χ0n) is 11.7. The van der Waals surface area contributed by atoms with Gasteiger partial charge in [0, 0.05) is 22.0 Å². The van der Waals surface area contributed by atoms with Crippen LogP contribution in [0.2, 0.25) is 5.02 Å². The highest BCUT2D eigenvalue weighted by Gasteiger charge is 2.18. The van der Waals surface area contributed by atoms with E-state index in [0.29, 0.717) is 0 Å². The molecule has 0 amide bonds. The van der Waals surface area contributed by atoms with Gasteiger partial charge in [0.1, 0.15) is 0 Å². The van der Waals surface area contributed by atoms with E-state index in [9.17, 15) is 0 Å². The first-order valence-corrected chi connectivity index (χ1v) is 8.15. The lowest BCUT2D eigenvalue weighted by atomic mass is 10.1. The Labute approximate surface area is 133 Å². The first kappa shape index (κ1) is 14.5. The quantitative estimate of drug-likeness (QED) is 0.665. The Kier molecular flexibility index (Phi) is 4.24. The number of halogens is 1. The minimum atomic E-state index is 0.0441. The number of para-hydroxylation sites is 1. The lowest BCUT2D eigenvalue weighted by Crippen LogP contribution is -2.22. The van der Waals surface area contributed by atoms with Crippen molar-refractivity contribution in [2.24, 2.45) is 5.73 Å². The molecule has 0 saturated carbocycles. The molecule has 108 valence electrons. The van der Waals surface area contributed by atoms with Crippen molar-refractivity contribution in [3.63, 3.8) is 0 Å². The third-order valence-electron chi connectivity index (χ3n) is 3.44. The monoisotopic (exact) mass is 316 g/mol. The smallest absolute Gasteiger partial charge is 0.0739 e. The van der Waals surface area contributed by atoms with Crippen molar-refractivity contribution in [2.75, 3.05) is 0 Å². The van der Waals surface area contributed by atoms with Crippen molar-refractivity contribution in [1.29, 1.82) is 0 Å². The SMILES string of the molecule is CC(N)C(Sc1cc2ccccc2[nH]1)c1ccc(Cl)cc1. The molecule has 3 rings (SSSR count). The molecule has 21 heavy (non-hydrogen) atoms. The number of hydrogen-bond donors (Lipinski definition) is 2. The van der Waals surface area contributed by atoms with E-state index in [4.69, 9.17) is 17.3 Å². The van der Waals surface area contributed by atoms with Crippen LogP contribution in [0.15, 0.2) is 59.6 Å². The second kappa shape index (κ2) is 6.14. The van der Waals surface area contributed by atoms with Crippen LogP contribution >= 0.6 is 23.4 Å². The van der Waals surface area contributed by atoms with E-state index in [0.717, 1.165) is 15.6 Å². The number of aromatic nitrogens is 1. The van der Waals surface area contributed by atoms with E-state index in [1.165, 1.54) is 10.9 Å². The normalized spacial score (nSPS) is 14.2. The first-order valence-electron chi connectivity index (χ1n) is 6.89. The molecule has 2 unspecified atom stereocenters. The van der Waals surface area contributed by atoms with E-state index in [1.807, 2.05) is 43.3 Å². The number of hydrogen-bond acceptors (Lipinski definition) is 2. The summed E-state index contributed by atoms with van der Waals surface area (Å²) in [5.41, 5.74) is 8.53. The van der Waals surface area contributed by atoms with Gasteiger partial charge in [0.05, 0.1) is 10.3 Å². The Morgan fingerprint density at radius 2 is 1.81 bits per heavy atom. The zero-order chi connectivity index (χ0) is 14.8. The van der Waals surface area contributed by atoms with Crippen LogP contribution in [0, 0.1) is 0 Å². The molecule has 0 fully saturated rings. The summed E-state index contributed by atoms with van der Waals surface area (Å²) in [6.07, 6.45) is 0. The van der Waals surface area contributed by atoms with Crippen molar-refractivity contribution in [2.45, 2.75) is 23.2 Å². The van der Waals surface area contributed by atoms with Crippen molar-refractivity contribution in [3.8, 4) is 0 Å². The van der Waals surface area contributed by atoms with Gasteiger partial charge in [0.25, 0.3) is 0 Å². The fourth-order valence-electron chi connectivity index (χ4n) is 2.38. The molecule has 4 heteroatoms. The summed E-state index contributed by atoms with van der Waals surface area (Å²) in [7, 11) is 0. The first-order chi connectivity index (χ1) is 10.1. The molecule has 1 aromatic heterocycles. The maximum atomic E-state index is 6.18. The summed E-state index contributed by atoms with van der Waals surface area (Å²) in [6.45, 7) is 2.04. The molecule has 3 N–H and O–H groups in total. The van der Waals surface area contributed by atoms with Crippen LogP contribution in [-0.4, -0.2) is 11.0 Å². The molecule has 0 saturated heterocycles. The molecule has 0 radical (unpaired) electrons. The van der Waals surface area contributed by atoms with E-state index < -0.39 is 0 Å². The molecule has 0 aliphatic heterocycles. The minimum Gasteiger partial charge on any atom is -0.350 e. The molecule has 0 spiro atoms. The molecule has 2 nitrogen and oxygen atoms in total. The molecule has 0 bridgehead atoms. The highest BCUT2D eigenvalue weighted by atomic mass is 35.5. The zero-order valence-corrected chi connectivity index (χ0v) is 13.3. The summed E-state index contributed by atoms with van der Waals surface area (Å²) < 4.78 is 0. The lowest BCUT2D eigenvalue weighted by Gasteiger charge is -2.20. The topological polar surface area (TPSA) is 41.8 Å². The van der Waals surface area contributed by atoms with Crippen LogP contribution in [0.25, 0.3) is 10.9 Å². The third-order valence-corrected chi connectivity index (χ3v) is 5.12. The summed E-state index contributed by atoms with van der Waals surface area (Å²) in [5, 5.41) is 3.29. The lowest BCUT2D eigenvalue weighted by molar-refractivity contribution is 0.720. The van der Waals surface area contributed by atoms with Crippen LogP contribution in [0.4, 0.5) is 0 Å². The average molecular weight is 317 g/mol. The van der Waals surface area contributed by atoms with Gasteiger partial charge < -0.3 is 10.7 Å². The van der Waals surface area contributed by atoms with Crippen LogP contribution in [-0.2, 0) is 0 Å². The number of fused-ring (bicyclic) bond motifs is 1. The number of H-pyrrole nitrogens is 1. The van der Waals surface area contributed by atoms with Gasteiger partial charge in [-0.25, -0.2) is 0 Å². The average Bonchev–Trinajstić information content (AvgIpc) is 2.88. The number of aromatic amines is 1. The predicted octanol–water partition coefficient (Wildman–Crippen LogP) is 5.00. The number of nitrogens with one attached hydrogen (secondary N) is 1. The largest absolute Gasteiger partial charge is 0.350 e.